The molecule has 2 N–H and O–H groups in total. The summed E-state index contributed by atoms with van der Waals surface area (Å²) in [4.78, 5) is 14.2. The lowest BCUT2D eigenvalue weighted by atomic mass is 10.2. The minimum absolute atomic E-state index is 0.0774. The van der Waals surface area contributed by atoms with E-state index >= 15 is 0 Å². The van der Waals surface area contributed by atoms with E-state index in [2.05, 4.69) is 15.5 Å². The summed E-state index contributed by atoms with van der Waals surface area (Å²) in [5, 5.41) is 6.25. The lowest BCUT2D eigenvalue weighted by molar-refractivity contribution is -0.122. The second-order valence-corrected chi connectivity index (χ2v) is 5.20. The molecule has 2 fully saturated rings. The number of amides is 1. The van der Waals surface area contributed by atoms with Crippen LogP contribution in [0.5, 0.6) is 0 Å². The van der Waals surface area contributed by atoms with Crippen LogP contribution in [-0.4, -0.2) is 49.6 Å². The third-order valence-corrected chi connectivity index (χ3v) is 3.78. The summed E-state index contributed by atoms with van der Waals surface area (Å²) in [5.74, 6) is 0.198. The number of nitrogens with zero attached hydrogens (tertiary/aromatic N) is 1. The quantitative estimate of drug-likeness (QED) is 0.672. The first-order chi connectivity index (χ1) is 8.36. The summed E-state index contributed by atoms with van der Waals surface area (Å²) in [6.45, 7) is 5.59. The molecule has 0 aromatic rings. The van der Waals surface area contributed by atoms with E-state index in [1.807, 2.05) is 0 Å². The number of carbonyl (C=O) groups is 1. The zero-order valence-electron chi connectivity index (χ0n) is 10.7. The average Bonchev–Trinajstić information content (AvgIpc) is 3.01. The molecule has 0 aliphatic carbocycles. The lowest BCUT2D eigenvalue weighted by Gasteiger charge is -2.14. The van der Waals surface area contributed by atoms with Crippen molar-refractivity contribution >= 4 is 5.91 Å². The van der Waals surface area contributed by atoms with Gasteiger partial charge in [-0.25, -0.2) is 0 Å². The van der Waals surface area contributed by atoms with E-state index in [0.717, 1.165) is 32.4 Å². The first kappa shape index (κ1) is 12.8. The Morgan fingerprint density at radius 1 is 1.24 bits per heavy atom. The zero-order valence-corrected chi connectivity index (χ0v) is 10.7. The first-order valence-electron chi connectivity index (χ1n) is 7.10. The smallest absolute Gasteiger partial charge is 0.237 e. The maximum atomic E-state index is 11.7. The van der Waals surface area contributed by atoms with Crippen LogP contribution >= 0.6 is 0 Å². The summed E-state index contributed by atoms with van der Waals surface area (Å²) in [5.41, 5.74) is 0. The molecule has 0 saturated carbocycles. The van der Waals surface area contributed by atoms with Gasteiger partial charge in [0.1, 0.15) is 0 Å². The molecule has 0 radical (unpaired) electrons. The summed E-state index contributed by atoms with van der Waals surface area (Å²) in [6.07, 6.45) is 7.17. The van der Waals surface area contributed by atoms with Gasteiger partial charge in [-0.05, 0) is 64.7 Å². The summed E-state index contributed by atoms with van der Waals surface area (Å²) in [7, 11) is 0. The van der Waals surface area contributed by atoms with Crippen LogP contribution in [0.15, 0.2) is 0 Å². The molecule has 4 heteroatoms. The summed E-state index contributed by atoms with van der Waals surface area (Å²) >= 11 is 0. The Hall–Kier alpha value is -0.610. The molecule has 2 aliphatic heterocycles. The Kier molecular flexibility index (Phi) is 5.26. The summed E-state index contributed by atoms with van der Waals surface area (Å²) in [6, 6.07) is 0.0774. The molecule has 0 aromatic heterocycles. The molecule has 1 amide bonds. The summed E-state index contributed by atoms with van der Waals surface area (Å²) < 4.78 is 0. The predicted octanol–water partition coefficient (Wildman–Crippen LogP) is 0.731. The molecule has 17 heavy (non-hydrogen) atoms. The van der Waals surface area contributed by atoms with Gasteiger partial charge in [0.15, 0.2) is 0 Å². The SMILES string of the molecule is O=C(NCCCCN1CCCC1)C1CCCN1. The molecule has 2 heterocycles. The van der Waals surface area contributed by atoms with Crippen molar-refractivity contribution in [3.8, 4) is 0 Å². The van der Waals surface area contributed by atoms with E-state index in [4.69, 9.17) is 0 Å². The molecule has 0 spiro atoms. The largest absolute Gasteiger partial charge is 0.355 e. The molecule has 98 valence electrons. The number of carbonyl (C=O) groups excluding carboxylic acids is 1. The van der Waals surface area contributed by atoms with Crippen LogP contribution in [0.3, 0.4) is 0 Å². The van der Waals surface area contributed by atoms with Gasteiger partial charge in [0, 0.05) is 6.54 Å². The van der Waals surface area contributed by atoms with E-state index < -0.39 is 0 Å². The van der Waals surface area contributed by atoms with Crippen molar-refractivity contribution in [1.82, 2.24) is 15.5 Å². The fraction of sp³-hybridized carbons (Fsp3) is 0.923. The van der Waals surface area contributed by atoms with Gasteiger partial charge < -0.3 is 15.5 Å². The van der Waals surface area contributed by atoms with E-state index in [-0.39, 0.29) is 11.9 Å². The molecule has 2 saturated heterocycles. The van der Waals surface area contributed by atoms with Crippen molar-refractivity contribution in [3.05, 3.63) is 0 Å². The number of rotatable bonds is 6. The molecule has 2 rings (SSSR count). The van der Waals surface area contributed by atoms with Crippen molar-refractivity contribution in [1.29, 1.82) is 0 Å². The normalized spacial score (nSPS) is 25.3. The fourth-order valence-electron chi connectivity index (χ4n) is 2.71. The van der Waals surface area contributed by atoms with Crippen LogP contribution in [0.1, 0.15) is 38.5 Å². The van der Waals surface area contributed by atoms with Crippen LogP contribution in [-0.2, 0) is 4.79 Å². The Labute approximate surface area is 104 Å². The van der Waals surface area contributed by atoms with Gasteiger partial charge in [0.25, 0.3) is 0 Å². The zero-order chi connectivity index (χ0) is 11.9. The maximum absolute atomic E-state index is 11.7. The molecule has 0 bridgehead atoms. The van der Waals surface area contributed by atoms with Gasteiger partial charge in [0.2, 0.25) is 5.91 Å². The highest BCUT2D eigenvalue weighted by Crippen LogP contribution is 2.08. The predicted molar refractivity (Wildman–Crippen MR) is 68.9 cm³/mol. The van der Waals surface area contributed by atoms with Gasteiger partial charge in [-0.15, -0.1) is 0 Å². The van der Waals surface area contributed by atoms with E-state index in [0.29, 0.717) is 0 Å². The van der Waals surface area contributed by atoms with Gasteiger partial charge in [-0.3, -0.25) is 4.79 Å². The lowest BCUT2D eigenvalue weighted by Crippen LogP contribution is -2.40. The van der Waals surface area contributed by atoms with Crippen LogP contribution in [0, 0.1) is 0 Å². The van der Waals surface area contributed by atoms with Gasteiger partial charge in [0.05, 0.1) is 6.04 Å². The molecular formula is C13H25N3O. The van der Waals surface area contributed by atoms with Crippen molar-refractivity contribution in [2.45, 2.75) is 44.6 Å². The van der Waals surface area contributed by atoms with Crippen LogP contribution < -0.4 is 10.6 Å². The van der Waals surface area contributed by atoms with Crippen LogP contribution in [0.2, 0.25) is 0 Å². The van der Waals surface area contributed by atoms with Crippen molar-refractivity contribution in [2.24, 2.45) is 0 Å². The minimum atomic E-state index is 0.0774. The highest BCUT2D eigenvalue weighted by Gasteiger charge is 2.21. The second-order valence-electron chi connectivity index (χ2n) is 5.20. The standard InChI is InChI=1S/C13H25N3O/c17-13(12-6-5-8-14-12)15-7-1-2-9-16-10-3-4-11-16/h12,14H,1-11H2,(H,15,17). The molecule has 1 unspecified atom stereocenters. The van der Waals surface area contributed by atoms with Gasteiger partial charge >= 0.3 is 0 Å². The Balaban J connectivity index is 1.46. The molecule has 1 atom stereocenters. The molecule has 2 aliphatic rings. The topological polar surface area (TPSA) is 44.4 Å². The number of nitrogens with one attached hydrogen (secondary N) is 2. The van der Waals surface area contributed by atoms with E-state index in [1.165, 1.54) is 38.9 Å². The van der Waals surface area contributed by atoms with Crippen molar-refractivity contribution < 1.29 is 4.79 Å². The Bertz CT molecular complexity index is 233. The molecular weight excluding hydrogens is 214 g/mol. The van der Waals surface area contributed by atoms with Gasteiger partial charge in [-0.1, -0.05) is 0 Å². The van der Waals surface area contributed by atoms with E-state index in [1.54, 1.807) is 0 Å². The third kappa shape index (κ3) is 4.28. The average molecular weight is 239 g/mol. The highest BCUT2D eigenvalue weighted by atomic mass is 16.2. The van der Waals surface area contributed by atoms with Crippen LogP contribution in [0.25, 0.3) is 0 Å². The highest BCUT2D eigenvalue weighted by molar-refractivity contribution is 5.81. The number of likely N-dealkylation sites (tertiary alicyclic amines) is 1. The monoisotopic (exact) mass is 239 g/mol. The Morgan fingerprint density at radius 3 is 2.76 bits per heavy atom. The molecule has 4 nitrogen and oxygen atoms in total. The van der Waals surface area contributed by atoms with Crippen molar-refractivity contribution in [2.75, 3.05) is 32.7 Å². The minimum Gasteiger partial charge on any atom is -0.355 e. The first-order valence-corrected chi connectivity index (χ1v) is 7.10. The van der Waals surface area contributed by atoms with Crippen molar-refractivity contribution in [3.63, 3.8) is 0 Å². The Morgan fingerprint density at radius 2 is 2.06 bits per heavy atom. The van der Waals surface area contributed by atoms with Gasteiger partial charge in [-0.2, -0.15) is 0 Å². The maximum Gasteiger partial charge on any atom is 0.237 e. The number of unbranched alkanes of at least 4 members (excludes halogenated alkanes) is 1. The number of hydrogen-bond acceptors (Lipinski definition) is 3. The van der Waals surface area contributed by atoms with E-state index in [9.17, 15) is 4.79 Å². The molecule has 0 aromatic carbocycles. The van der Waals surface area contributed by atoms with Crippen LogP contribution in [0.4, 0.5) is 0 Å². The number of hydrogen-bond donors (Lipinski definition) is 2. The third-order valence-electron chi connectivity index (χ3n) is 3.78. The fourth-order valence-corrected chi connectivity index (χ4v) is 2.71. The second kappa shape index (κ2) is 6.97.